The lowest BCUT2D eigenvalue weighted by Crippen LogP contribution is -2.23. The lowest BCUT2D eigenvalue weighted by molar-refractivity contribution is 0.174. The number of fused-ring (bicyclic) bond motifs is 1. The average molecular weight is 265 g/mol. The second-order valence-electron chi connectivity index (χ2n) is 5.20. The van der Waals surface area contributed by atoms with E-state index in [0.29, 0.717) is 6.04 Å². The molecule has 0 spiro atoms. The molecule has 0 unspecified atom stereocenters. The second-order valence-corrected chi connectivity index (χ2v) is 6.61. The lowest BCUT2D eigenvalue weighted by atomic mass is 10.0. The molecule has 18 heavy (non-hydrogen) atoms. The van der Waals surface area contributed by atoms with Crippen LogP contribution < -0.4 is 0 Å². The molecule has 2 heterocycles. The van der Waals surface area contributed by atoms with Crippen molar-refractivity contribution in [3.05, 3.63) is 35.9 Å². The second kappa shape index (κ2) is 5.26. The summed E-state index contributed by atoms with van der Waals surface area (Å²) < 4.78 is 14.6. The Bertz CT molecular complexity index is 398. The predicted molar refractivity (Wildman–Crippen MR) is 73.1 cm³/mol. The zero-order valence-corrected chi connectivity index (χ0v) is 11.8. The van der Waals surface area contributed by atoms with E-state index >= 15 is 0 Å². The molecule has 98 valence electrons. The third-order valence-corrected chi connectivity index (χ3v) is 5.39. The first-order chi connectivity index (χ1) is 8.75. The first-order valence-electron chi connectivity index (χ1n) is 6.71. The van der Waals surface area contributed by atoms with E-state index in [1.165, 1.54) is 18.4 Å². The number of nitrogens with zero attached hydrogens (tertiary/aromatic N) is 1. The van der Waals surface area contributed by atoms with Crippen molar-refractivity contribution in [1.29, 1.82) is 0 Å². The molecule has 2 aliphatic rings. The molecule has 2 saturated heterocycles. The fourth-order valence-electron chi connectivity index (χ4n) is 2.71. The minimum Gasteiger partial charge on any atom is -0.319 e. The molecule has 0 aliphatic carbocycles. The Balaban J connectivity index is 1.80. The topological polar surface area (TPSA) is 21.7 Å². The number of benzene rings is 1. The van der Waals surface area contributed by atoms with Gasteiger partial charge >= 0.3 is 0 Å². The van der Waals surface area contributed by atoms with Crippen LogP contribution in [0, 0.1) is 0 Å². The Morgan fingerprint density at radius 2 is 2.11 bits per heavy atom. The molecule has 1 aromatic rings. The molecular formula is C14H20NO2P. The van der Waals surface area contributed by atoms with Crippen LogP contribution in [-0.4, -0.2) is 23.4 Å². The first kappa shape index (κ1) is 12.6. The van der Waals surface area contributed by atoms with E-state index in [1.54, 1.807) is 0 Å². The van der Waals surface area contributed by atoms with E-state index in [1.807, 2.05) is 0 Å². The van der Waals surface area contributed by atoms with Gasteiger partial charge in [0.15, 0.2) is 0 Å². The Morgan fingerprint density at radius 1 is 1.33 bits per heavy atom. The van der Waals surface area contributed by atoms with Crippen LogP contribution in [0.15, 0.2) is 30.3 Å². The van der Waals surface area contributed by atoms with Gasteiger partial charge in [-0.3, -0.25) is 0 Å². The number of rotatable bonds is 3. The SMILES string of the molecule is CC(C)O[P@@]1O[C@@H](c2ccccc2)[C@H]2CCCN21. The third kappa shape index (κ3) is 2.33. The Morgan fingerprint density at radius 3 is 2.83 bits per heavy atom. The molecule has 0 saturated carbocycles. The molecular weight excluding hydrogens is 245 g/mol. The zero-order chi connectivity index (χ0) is 12.5. The molecule has 3 nitrogen and oxygen atoms in total. The van der Waals surface area contributed by atoms with Gasteiger partial charge in [-0.05, 0) is 32.3 Å². The summed E-state index contributed by atoms with van der Waals surface area (Å²) >= 11 is 0. The van der Waals surface area contributed by atoms with E-state index in [4.69, 9.17) is 9.05 Å². The lowest BCUT2D eigenvalue weighted by Gasteiger charge is -2.21. The van der Waals surface area contributed by atoms with Crippen LogP contribution in [0.5, 0.6) is 0 Å². The first-order valence-corrected chi connectivity index (χ1v) is 7.84. The van der Waals surface area contributed by atoms with Crippen molar-refractivity contribution in [3.8, 4) is 0 Å². The van der Waals surface area contributed by atoms with Gasteiger partial charge in [-0.1, -0.05) is 30.3 Å². The summed E-state index contributed by atoms with van der Waals surface area (Å²) in [4.78, 5) is 0. The Kier molecular flexibility index (Phi) is 3.67. The molecule has 2 fully saturated rings. The van der Waals surface area contributed by atoms with Crippen molar-refractivity contribution in [2.75, 3.05) is 6.54 Å². The normalized spacial score (nSPS) is 32.1. The van der Waals surface area contributed by atoms with Crippen molar-refractivity contribution in [2.24, 2.45) is 0 Å². The largest absolute Gasteiger partial charge is 0.319 e. The maximum Gasteiger partial charge on any atom is 0.260 e. The van der Waals surface area contributed by atoms with Crippen LogP contribution in [0.4, 0.5) is 0 Å². The van der Waals surface area contributed by atoms with Gasteiger partial charge in [0.25, 0.3) is 8.53 Å². The predicted octanol–water partition coefficient (Wildman–Crippen LogP) is 3.87. The highest BCUT2D eigenvalue weighted by atomic mass is 31.2. The number of hydrogen-bond donors (Lipinski definition) is 0. The standard InChI is InChI=1S/C14H20NO2P/c1-11(2)16-18-15-10-6-9-13(15)14(17-18)12-7-4-3-5-8-12/h3-5,7-8,11,13-14H,6,9-10H2,1-2H3/t13-,14+,18+/m1/s1. The third-order valence-electron chi connectivity index (χ3n) is 3.46. The van der Waals surface area contributed by atoms with Crippen molar-refractivity contribution in [2.45, 2.75) is 44.9 Å². The van der Waals surface area contributed by atoms with Crippen molar-refractivity contribution < 1.29 is 9.05 Å². The van der Waals surface area contributed by atoms with Crippen molar-refractivity contribution >= 4 is 8.53 Å². The maximum atomic E-state index is 6.19. The van der Waals surface area contributed by atoms with E-state index in [-0.39, 0.29) is 12.2 Å². The fraction of sp³-hybridized carbons (Fsp3) is 0.571. The van der Waals surface area contributed by atoms with Crippen molar-refractivity contribution in [3.63, 3.8) is 0 Å². The van der Waals surface area contributed by atoms with Crippen LogP contribution in [0.2, 0.25) is 0 Å². The quantitative estimate of drug-likeness (QED) is 0.774. The van der Waals surface area contributed by atoms with Gasteiger partial charge in [-0.2, -0.15) is 0 Å². The summed E-state index contributed by atoms with van der Waals surface area (Å²) in [6.07, 6.45) is 2.91. The summed E-state index contributed by atoms with van der Waals surface area (Å²) in [7, 11) is -0.855. The summed E-state index contributed by atoms with van der Waals surface area (Å²) in [6, 6.07) is 11.1. The smallest absolute Gasteiger partial charge is 0.260 e. The van der Waals surface area contributed by atoms with E-state index < -0.39 is 8.53 Å². The van der Waals surface area contributed by atoms with Crippen molar-refractivity contribution in [1.82, 2.24) is 4.67 Å². The highest BCUT2D eigenvalue weighted by Gasteiger charge is 2.47. The number of hydrogen-bond acceptors (Lipinski definition) is 3. The van der Waals surface area contributed by atoms with Crippen LogP contribution in [0.3, 0.4) is 0 Å². The highest BCUT2D eigenvalue weighted by Crippen LogP contribution is 2.60. The van der Waals surface area contributed by atoms with Gasteiger partial charge < -0.3 is 9.05 Å². The molecule has 3 rings (SSSR count). The van der Waals surface area contributed by atoms with Gasteiger partial charge in [-0.25, -0.2) is 4.67 Å². The van der Waals surface area contributed by atoms with Crippen LogP contribution >= 0.6 is 8.53 Å². The minimum atomic E-state index is -0.855. The van der Waals surface area contributed by atoms with E-state index in [2.05, 4.69) is 48.8 Å². The molecule has 2 aliphatic heterocycles. The fourth-order valence-corrected chi connectivity index (χ4v) is 4.60. The monoisotopic (exact) mass is 265 g/mol. The Hall–Kier alpha value is -0.470. The minimum absolute atomic E-state index is 0.193. The van der Waals surface area contributed by atoms with Gasteiger partial charge in [-0.15, -0.1) is 0 Å². The maximum absolute atomic E-state index is 6.19. The van der Waals surface area contributed by atoms with Gasteiger partial charge in [0.05, 0.1) is 6.10 Å². The van der Waals surface area contributed by atoms with E-state index in [9.17, 15) is 0 Å². The van der Waals surface area contributed by atoms with Crippen LogP contribution in [-0.2, 0) is 9.05 Å². The molecule has 0 bridgehead atoms. The summed E-state index contributed by atoms with van der Waals surface area (Å²) in [5.74, 6) is 0. The molecule has 0 radical (unpaired) electrons. The summed E-state index contributed by atoms with van der Waals surface area (Å²) in [5, 5.41) is 0. The molecule has 1 aromatic carbocycles. The summed E-state index contributed by atoms with van der Waals surface area (Å²) in [6.45, 7) is 5.27. The molecule has 3 atom stereocenters. The van der Waals surface area contributed by atoms with Crippen LogP contribution in [0.1, 0.15) is 38.4 Å². The molecule has 4 heteroatoms. The highest BCUT2D eigenvalue weighted by molar-refractivity contribution is 7.44. The van der Waals surface area contributed by atoms with Gasteiger partial charge in [0.2, 0.25) is 0 Å². The molecule has 0 N–H and O–H groups in total. The summed E-state index contributed by atoms with van der Waals surface area (Å²) in [5.41, 5.74) is 1.28. The van der Waals surface area contributed by atoms with Gasteiger partial charge in [0.1, 0.15) is 6.10 Å². The Labute approximate surface area is 110 Å². The zero-order valence-electron chi connectivity index (χ0n) is 11.0. The molecule has 0 amide bonds. The average Bonchev–Trinajstić information content (AvgIpc) is 2.93. The molecule has 0 aromatic heterocycles. The van der Waals surface area contributed by atoms with Gasteiger partial charge in [0, 0.05) is 12.6 Å². The van der Waals surface area contributed by atoms with Crippen LogP contribution in [0.25, 0.3) is 0 Å². The van der Waals surface area contributed by atoms with E-state index in [0.717, 1.165) is 6.54 Å².